The summed E-state index contributed by atoms with van der Waals surface area (Å²) < 4.78 is 4.56. The first-order valence-electron chi connectivity index (χ1n) is 4.24. The molecule has 0 aliphatic heterocycles. The Balaban J connectivity index is 3.06. The minimum Gasteiger partial charge on any atom is -0.469 e. The van der Waals surface area contributed by atoms with Crippen molar-refractivity contribution in [3.63, 3.8) is 0 Å². The minimum atomic E-state index is -0.323. The van der Waals surface area contributed by atoms with Gasteiger partial charge in [-0.2, -0.15) is 5.26 Å². The van der Waals surface area contributed by atoms with E-state index in [1.165, 1.54) is 7.11 Å². The maximum Gasteiger partial charge on any atom is 0.310 e. The second-order valence-corrected chi connectivity index (χ2v) is 2.97. The van der Waals surface area contributed by atoms with Crippen molar-refractivity contribution in [2.24, 2.45) is 0 Å². The first kappa shape index (κ1) is 10.3. The molecule has 0 bridgehead atoms. The fourth-order valence-electron chi connectivity index (χ4n) is 1.26. The molecule has 0 spiro atoms. The maximum atomic E-state index is 11.1. The van der Waals surface area contributed by atoms with Crippen molar-refractivity contribution in [2.45, 2.75) is 13.3 Å². The van der Waals surface area contributed by atoms with Gasteiger partial charge in [0.05, 0.1) is 25.2 Å². The molecule has 0 saturated heterocycles. The molecule has 0 unspecified atom stereocenters. The van der Waals surface area contributed by atoms with Crippen LogP contribution in [0.3, 0.4) is 0 Å². The molecule has 0 aliphatic carbocycles. The second kappa shape index (κ2) is 4.43. The standard InChI is InChI=1S/C11H11NO2/c1-8-4-3-5-9(7-12)10(8)6-11(13)14-2/h3-5H,6H2,1-2H3. The van der Waals surface area contributed by atoms with Gasteiger partial charge in [0.15, 0.2) is 0 Å². The molecule has 0 amide bonds. The third kappa shape index (κ3) is 2.11. The van der Waals surface area contributed by atoms with E-state index in [-0.39, 0.29) is 12.4 Å². The molecule has 1 aromatic rings. The molecule has 0 radical (unpaired) electrons. The van der Waals surface area contributed by atoms with Crippen LogP contribution in [0.4, 0.5) is 0 Å². The predicted octanol–water partition coefficient (Wildman–Crippen LogP) is 1.58. The van der Waals surface area contributed by atoms with Crippen molar-refractivity contribution >= 4 is 5.97 Å². The van der Waals surface area contributed by atoms with Gasteiger partial charge in [-0.3, -0.25) is 4.79 Å². The normalized spacial score (nSPS) is 9.21. The van der Waals surface area contributed by atoms with E-state index in [4.69, 9.17) is 5.26 Å². The molecule has 3 nitrogen and oxygen atoms in total. The summed E-state index contributed by atoms with van der Waals surface area (Å²) in [4.78, 5) is 11.1. The summed E-state index contributed by atoms with van der Waals surface area (Å²) in [5.74, 6) is -0.323. The fraction of sp³-hybridized carbons (Fsp3) is 0.273. The number of methoxy groups -OCH3 is 1. The highest BCUT2D eigenvalue weighted by molar-refractivity contribution is 5.74. The van der Waals surface area contributed by atoms with Crippen LogP contribution >= 0.6 is 0 Å². The molecule has 0 atom stereocenters. The largest absolute Gasteiger partial charge is 0.469 e. The summed E-state index contributed by atoms with van der Waals surface area (Å²) in [6, 6.07) is 7.43. The maximum absolute atomic E-state index is 11.1. The highest BCUT2D eigenvalue weighted by atomic mass is 16.5. The van der Waals surface area contributed by atoms with Gasteiger partial charge >= 0.3 is 5.97 Å². The van der Waals surface area contributed by atoms with E-state index in [1.54, 1.807) is 12.1 Å². The second-order valence-electron chi connectivity index (χ2n) is 2.97. The Bertz CT molecular complexity index is 391. The van der Waals surface area contributed by atoms with E-state index < -0.39 is 0 Å². The van der Waals surface area contributed by atoms with Gasteiger partial charge in [-0.15, -0.1) is 0 Å². The summed E-state index contributed by atoms with van der Waals surface area (Å²) in [7, 11) is 1.34. The summed E-state index contributed by atoms with van der Waals surface area (Å²) in [5, 5.41) is 8.83. The molecule has 0 aromatic heterocycles. The lowest BCUT2D eigenvalue weighted by Gasteiger charge is -2.05. The van der Waals surface area contributed by atoms with Crippen molar-refractivity contribution in [1.29, 1.82) is 5.26 Å². The van der Waals surface area contributed by atoms with E-state index in [2.05, 4.69) is 10.8 Å². The lowest BCUT2D eigenvalue weighted by molar-refractivity contribution is -0.139. The van der Waals surface area contributed by atoms with Crippen molar-refractivity contribution in [3.05, 3.63) is 34.9 Å². The number of nitrogens with zero attached hydrogens (tertiary/aromatic N) is 1. The monoisotopic (exact) mass is 189 g/mol. The van der Waals surface area contributed by atoms with Gasteiger partial charge < -0.3 is 4.74 Å². The lowest BCUT2D eigenvalue weighted by atomic mass is 10.00. The van der Waals surface area contributed by atoms with Crippen molar-refractivity contribution in [2.75, 3.05) is 7.11 Å². The Hall–Kier alpha value is -1.82. The molecule has 1 aromatic carbocycles. The molecule has 1 rings (SSSR count). The summed E-state index contributed by atoms with van der Waals surface area (Å²) >= 11 is 0. The van der Waals surface area contributed by atoms with Gasteiger partial charge in [0, 0.05) is 0 Å². The zero-order valence-corrected chi connectivity index (χ0v) is 8.20. The fourth-order valence-corrected chi connectivity index (χ4v) is 1.26. The molecule has 0 aliphatic rings. The molecule has 72 valence electrons. The first-order chi connectivity index (χ1) is 6.69. The van der Waals surface area contributed by atoms with Crippen molar-refractivity contribution in [1.82, 2.24) is 0 Å². The summed E-state index contributed by atoms with van der Waals surface area (Å²) in [5.41, 5.74) is 2.23. The first-order valence-corrected chi connectivity index (χ1v) is 4.24. The SMILES string of the molecule is COC(=O)Cc1c(C)cccc1C#N. The Labute approximate surface area is 82.9 Å². The van der Waals surface area contributed by atoms with Crippen LogP contribution in [0.5, 0.6) is 0 Å². The van der Waals surface area contributed by atoms with Gasteiger partial charge in [0.25, 0.3) is 0 Å². The third-order valence-electron chi connectivity index (χ3n) is 2.08. The number of rotatable bonds is 2. The Morgan fingerprint density at radius 1 is 1.57 bits per heavy atom. The van der Waals surface area contributed by atoms with Crippen LogP contribution in [0.15, 0.2) is 18.2 Å². The third-order valence-corrected chi connectivity index (χ3v) is 2.08. The Morgan fingerprint density at radius 2 is 2.29 bits per heavy atom. The van der Waals surface area contributed by atoms with Crippen LogP contribution < -0.4 is 0 Å². The van der Waals surface area contributed by atoms with E-state index in [0.29, 0.717) is 5.56 Å². The van der Waals surface area contributed by atoms with Crippen LogP contribution in [0, 0.1) is 18.3 Å². The summed E-state index contributed by atoms with van der Waals surface area (Å²) in [6.45, 7) is 1.87. The molecule has 14 heavy (non-hydrogen) atoms. The van der Waals surface area contributed by atoms with Gasteiger partial charge in [0.1, 0.15) is 0 Å². The topological polar surface area (TPSA) is 50.1 Å². The quantitative estimate of drug-likeness (QED) is 0.664. The number of aryl methyl sites for hydroxylation is 1. The zero-order chi connectivity index (χ0) is 10.6. The lowest BCUT2D eigenvalue weighted by Crippen LogP contribution is -2.07. The average Bonchev–Trinajstić information content (AvgIpc) is 2.20. The molecule has 3 heteroatoms. The number of esters is 1. The van der Waals surface area contributed by atoms with Gasteiger partial charge in [-0.25, -0.2) is 0 Å². The molecular weight excluding hydrogens is 178 g/mol. The van der Waals surface area contributed by atoms with Crippen LogP contribution in [0.25, 0.3) is 0 Å². The van der Waals surface area contributed by atoms with Gasteiger partial charge in [0.2, 0.25) is 0 Å². The number of hydrogen-bond donors (Lipinski definition) is 0. The van der Waals surface area contributed by atoms with Crippen molar-refractivity contribution in [3.8, 4) is 6.07 Å². The average molecular weight is 189 g/mol. The van der Waals surface area contributed by atoms with E-state index in [0.717, 1.165) is 11.1 Å². The number of hydrogen-bond acceptors (Lipinski definition) is 3. The summed E-state index contributed by atoms with van der Waals surface area (Å²) in [6.07, 6.45) is 0.159. The van der Waals surface area contributed by atoms with Crippen molar-refractivity contribution < 1.29 is 9.53 Å². The van der Waals surface area contributed by atoms with E-state index in [1.807, 2.05) is 13.0 Å². The molecule has 0 saturated carbocycles. The van der Waals surface area contributed by atoms with E-state index >= 15 is 0 Å². The van der Waals surface area contributed by atoms with Crippen LogP contribution in [-0.2, 0) is 16.0 Å². The highest BCUT2D eigenvalue weighted by Gasteiger charge is 2.09. The van der Waals surface area contributed by atoms with Gasteiger partial charge in [-0.05, 0) is 24.1 Å². The molecule has 0 heterocycles. The number of benzene rings is 1. The van der Waals surface area contributed by atoms with Gasteiger partial charge in [-0.1, -0.05) is 12.1 Å². The Morgan fingerprint density at radius 3 is 2.86 bits per heavy atom. The number of carbonyl (C=O) groups excluding carboxylic acids is 1. The molecule has 0 N–H and O–H groups in total. The zero-order valence-electron chi connectivity index (χ0n) is 8.20. The van der Waals surface area contributed by atoms with Crippen LogP contribution in [-0.4, -0.2) is 13.1 Å². The number of carbonyl (C=O) groups is 1. The Kier molecular flexibility index (Phi) is 3.24. The number of nitriles is 1. The molecular formula is C11H11NO2. The highest BCUT2D eigenvalue weighted by Crippen LogP contribution is 2.14. The van der Waals surface area contributed by atoms with Crippen LogP contribution in [0.2, 0.25) is 0 Å². The number of ether oxygens (including phenoxy) is 1. The van der Waals surface area contributed by atoms with Crippen LogP contribution in [0.1, 0.15) is 16.7 Å². The van der Waals surface area contributed by atoms with E-state index in [9.17, 15) is 4.79 Å². The molecule has 0 fully saturated rings. The smallest absolute Gasteiger partial charge is 0.310 e. The predicted molar refractivity (Wildman–Crippen MR) is 51.6 cm³/mol. The minimum absolute atomic E-state index is 0.159.